The molecule has 1 aromatic carbocycles. The summed E-state index contributed by atoms with van der Waals surface area (Å²) in [5.41, 5.74) is 0.897. The van der Waals surface area contributed by atoms with E-state index >= 15 is 0 Å². The number of carboxylic acid groups (broad SMARTS) is 2. The van der Waals surface area contributed by atoms with Crippen LogP contribution >= 0.6 is 11.8 Å². The highest BCUT2D eigenvalue weighted by atomic mass is 32.2. The first-order valence-electron chi connectivity index (χ1n) is 5.29. The summed E-state index contributed by atoms with van der Waals surface area (Å²) < 4.78 is 0. The molecule has 100 valence electrons. The minimum atomic E-state index is -1.09. The highest BCUT2D eigenvalue weighted by Gasteiger charge is 2.16. The zero-order valence-electron chi connectivity index (χ0n) is 10.3. The molecular weight excluding hydrogens is 266 g/mol. The topological polar surface area (TPSA) is 87.0 Å². The third kappa shape index (κ3) is 3.69. The molecule has 6 heteroatoms. The van der Waals surface area contributed by atoms with Crippen LogP contribution in [-0.4, -0.2) is 35.1 Å². The van der Waals surface area contributed by atoms with Crippen LogP contribution in [0, 0.1) is 0 Å². The van der Waals surface area contributed by atoms with Gasteiger partial charge in [0.05, 0.1) is 11.3 Å². The summed E-state index contributed by atoms with van der Waals surface area (Å²) in [5, 5.41) is 18.1. The fraction of sp³-hybridized carbons (Fsp3) is 0.154. The molecule has 0 aliphatic rings. The number of benzene rings is 1. The largest absolute Gasteiger partial charge is 0.478 e. The van der Waals surface area contributed by atoms with Crippen molar-refractivity contribution >= 4 is 30.4 Å². The second kappa shape index (κ2) is 6.75. The molecule has 2 N–H and O–H groups in total. The molecule has 0 aliphatic carbocycles. The Morgan fingerprint density at radius 2 is 1.95 bits per heavy atom. The van der Waals surface area contributed by atoms with Crippen molar-refractivity contribution in [3.8, 4) is 0 Å². The Morgan fingerprint density at radius 1 is 1.32 bits per heavy atom. The summed E-state index contributed by atoms with van der Waals surface area (Å²) in [6.07, 6.45) is 1.74. The van der Waals surface area contributed by atoms with Gasteiger partial charge < -0.3 is 10.2 Å². The van der Waals surface area contributed by atoms with Crippen molar-refractivity contribution < 1.29 is 19.8 Å². The minimum Gasteiger partial charge on any atom is -0.478 e. The molecule has 0 bridgehead atoms. The van der Waals surface area contributed by atoms with Crippen molar-refractivity contribution in [1.29, 1.82) is 0 Å². The maximum absolute atomic E-state index is 11.1. The summed E-state index contributed by atoms with van der Waals surface area (Å²) in [5.74, 6) is -2.15. The van der Waals surface area contributed by atoms with Crippen LogP contribution in [0.1, 0.15) is 15.9 Å². The Labute approximate surface area is 114 Å². The van der Waals surface area contributed by atoms with Gasteiger partial charge in [-0.05, 0) is 24.6 Å². The summed E-state index contributed by atoms with van der Waals surface area (Å²) in [7, 11) is 0. The van der Waals surface area contributed by atoms with Crippen molar-refractivity contribution in [3.63, 3.8) is 0 Å². The molecule has 0 radical (unpaired) electrons. The molecule has 0 heterocycles. The molecule has 0 aromatic heterocycles. The molecular formula is C13H13NO4S. The highest BCUT2D eigenvalue weighted by molar-refractivity contribution is 8.03. The Hall–Kier alpha value is -2.08. The van der Waals surface area contributed by atoms with Gasteiger partial charge in [0.15, 0.2) is 0 Å². The molecule has 1 rings (SSSR count). The molecule has 0 saturated heterocycles. The standard InChI is InChI=1S/C13H13NO4S/c1-14-10(11(19-2)13(17)18)7-8-5-3-4-6-9(8)12(15)16/h3-6H,1,7H2,2H3,(H,15,16)(H,17,18)/b11-10-. The Balaban J connectivity index is 3.23. The van der Waals surface area contributed by atoms with Gasteiger partial charge in [-0.2, -0.15) is 0 Å². The summed E-state index contributed by atoms with van der Waals surface area (Å²) in [4.78, 5) is 25.9. The second-order valence-corrected chi connectivity index (χ2v) is 4.40. The van der Waals surface area contributed by atoms with Gasteiger partial charge in [0.25, 0.3) is 0 Å². The molecule has 5 nitrogen and oxygen atoms in total. The van der Waals surface area contributed by atoms with Gasteiger partial charge >= 0.3 is 11.9 Å². The summed E-state index contributed by atoms with van der Waals surface area (Å²) in [6.45, 7) is 3.35. The van der Waals surface area contributed by atoms with Gasteiger partial charge in [0, 0.05) is 6.42 Å². The van der Waals surface area contributed by atoms with Crippen LogP contribution < -0.4 is 0 Å². The van der Waals surface area contributed by atoms with Crippen molar-refractivity contribution in [2.75, 3.05) is 6.26 Å². The maximum atomic E-state index is 11.1. The number of aromatic carboxylic acids is 1. The van der Waals surface area contributed by atoms with E-state index in [0.29, 0.717) is 5.56 Å². The predicted molar refractivity (Wildman–Crippen MR) is 74.8 cm³/mol. The molecule has 0 atom stereocenters. The number of thioether (sulfide) groups is 1. The van der Waals surface area contributed by atoms with Crippen LogP contribution in [0.4, 0.5) is 0 Å². The smallest absolute Gasteiger partial charge is 0.344 e. The summed E-state index contributed by atoms with van der Waals surface area (Å²) >= 11 is 1.04. The molecule has 19 heavy (non-hydrogen) atoms. The molecule has 0 unspecified atom stereocenters. The number of carbonyl (C=O) groups is 2. The lowest BCUT2D eigenvalue weighted by Crippen LogP contribution is -2.06. The van der Waals surface area contributed by atoms with Crippen LogP contribution in [-0.2, 0) is 11.2 Å². The van der Waals surface area contributed by atoms with Crippen LogP contribution in [0.5, 0.6) is 0 Å². The lowest BCUT2D eigenvalue weighted by molar-refractivity contribution is -0.131. The Kier molecular flexibility index (Phi) is 5.32. The van der Waals surface area contributed by atoms with Crippen LogP contribution in [0.25, 0.3) is 0 Å². The van der Waals surface area contributed by atoms with E-state index in [1.54, 1.807) is 24.5 Å². The number of aliphatic imine (C=N–C) groups is 1. The first kappa shape index (κ1) is 15.0. The average Bonchev–Trinajstić information content (AvgIpc) is 2.38. The van der Waals surface area contributed by atoms with Gasteiger partial charge in [-0.15, -0.1) is 11.8 Å². The third-order valence-electron chi connectivity index (χ3n) is 2.46. The number of carboxylic acids is 2. The number of aliphatic carboxylic acids is 1. The van der Waals surface area contributed by atoms with Crippen LogP contribution in [0.2, 0.25) is 0 Å². The van der Waals surface area contributed by atoms with Gasteiger partial charge in [-0.3, -0.25) is 4.99 Å². The highest BCUT2D eigenvalue weighted by Crippen LogP contribution is 2.23. The first-order chi connectivity index (χ1) is 9.01. The number of rotatable bonds is 6. The van der Waals surface area contributed by atoms with Crippen molar-refractivity contribution in [2.45, 2.75) is 6.42 Å². The van der Waals surface area contributed by atoms with E-state index in [1.165, 1.54) is 6.07 Å². The van der Waals surface area contributed by atoms with E-state index in [4.69, 9.17) is 10.2 Å². The zero-order valence-corrected chi connectivity index (χ0v) is 11.1. The third-order valence-corrected chi connectivity index (χ3v) is 3.28. The molecule has 1 aromatic rings. The van der Waals surface area contributed by atoms with Crippen LogP contribution in [0.3, 0.4) is 0 Å². The van der Waals surface area contributed by atoms with E-state index in [-0.39, 0.29) is 22.6 Å². The number of nitrogens with zero attached hydrogens (tertiary/aromatic N) is 1. The fourth-order valence-corrected chi connectivity index (χ4v) is 2.15. The average molecular weight is 279 g/mol. The van der Waals surface area contributed by atoms with E-state index in [9.17, 15) is 9.59 Å². The first-order valence-corrected chi connectivity index (χ1v) is 6.52. The molecule has 0 spiro atoms. The molecule has 0 saturated carbocycles. The SMILES string of the molecule is C=N/C(Cc1ccccc1C(=O)O)=C(\SC)C(=O)O. The van der Waals surface area contributed by atoms with Gasteiger partial charge in [-0.1, -0.05) is 18.2 Å². The van der Waals surface area contributed by atoms with Crippen molar-refractivity contribution in [2.24, 2.45) is 4.99 Å². The van der Waals surface area contributed by atoms with Crippen molar-refractivity contribution in [3.05, 3.63) is 46.0 Å². The fourth-order valence-electron chi connectivity index (χ4n) is 1.60. The maximum Gasteiger partial charge on any atom is 0.344 e. The quantitative estimate of drug-likeness (QED) is 0.616. The Morgan fingerprint density at radius 3 is 2.42 bits per heavy atom. The van der Waals surface area contributed by atoms with Gasteiger partial charge in [0.1, 0.15) is 4.91 Å². The normalized spacial score (nSPS) is 11.6. The number of hydrogen-bond donors (Lipinski definition) is 2. The van der Waals surface area contributed by atoms with Gasteiger partial charge in [-0.25, -0.2) is 9.59 Å². The molecule has 0 amide bonds. The number of hydrogen-bond acceptors (Lipinski definition) is 4. The van der Waals surface area contributed by atoms with Crippen LogP contribution in [0.15, 0.2) is 39.9 Å². The molecule has 0 aliphatic heterocycles. The predicted octanol–water partition coefficient (Wildman–Crippen LogP) is 2.29. The molecule has 0 fully saturated rings. The van der Waals surface area contributed by atoms with E-state index in [1.807, 2.05) is 0 Å². The van der Waals surface area contributed by atoms with E-state index < -0.39 is 11.9 Å². The lowest BCUT2D eigenvalue weighted by atomic mass is 10.0. The minimum absolute atomic E-state index is 0.0650. The zero-order chi connectivity index (χ0) is 14.4. The second-order valence-electron chi connectivity index (χ2n) is 3.58. The summed E-state index contributed by atoms with van der Waals surface area (Å²) in [6, 6.07) is 6.42. The van der Waals surface area contributed by atoms with E-state index in [0.717, 1.165) is 11.8 Å². The van der Waals surface area contributed by atoms with E-state index in [2.05, 4.69) is 11.7 Å². The Bertz CT molecular complexity index is 551. The lowest BCUT2D eigenvalue weighted by Gasteiger charge is -2.08. The number of allylic oxidation sites excluding steroid dienone is 1. The van der Waals surface area contributed by atoms with Crippen molar-refractivity contribution in [1.82, 2.24) is 0 Å². The monoisotopic (exact) mass is 279 g/mol. The van der Waals surface area contributed by atoms with Gasteiger partial charge in [0.2, 0.25) is 0 Å².